The Morgan fingerprint density at radius 3 is 2.52 bits per heavy atom. The number of anilines is 2. The lowest BCUT2D eigenvalue weighted by molar-refractivity contribution is -0.00833. The molecule has 0 spiro atoms. The predicted molar refractivity (Wildman–Crippen MR) is 182 cm³/mol. The number of aromatic nitrogens is 1. The Bertz CT molecular complexity index is 1630. The molecule has 0 saturated heterocycles. The Labute approximate surface area is 282 Å². The summed E-state index contributed by atoms with van der Waals surface area (Å²) in [4.78, 5) is 29.0. The molecule has 0 bridgehead atoms. The molecule has 1 aromatic heterocycles. The molecular formula is C34H47N5O8S. The fourth-order valence-electron chi connectivity index (χ4n) is 5.52. The number of likely N-dealkylation sites (N-methyl/N-ethyl adjacent to an activating group) is 1. The number of aliphatic hydroxyl groups excluding tert-OH is 1. The minimum atomic E-state index is -3.78. The van der Waals surface area contributed by atoms with Crippen LogP contribution in [0.2, 0.25) is 0 Å². The number of fused-ring (bicyclic) bond motifs is 1. The van der Waals surface area contributed by atoms with Gasteiger partial charge in [-0.3, -0.25) is 4.79 Å². The number of rotatable bonds is 8. The van der Waals surface area contributed by atoms with E-state index in [0.717, 1.165) is 12.8 Å². The number of carbonyl (C=O) groups excluding carboxylic acids is 2. The predicted octanol–water partition coefficient (Wildman–Crippen LogP) is 5.05. The van der Waals surface area contributed by atoms with Gasteiger partial charge >= 0.3 is 6.03 Å². The van der Waals surface area contributed by atoms with Crippen LogP contribution in [0.5, 0.6) is 5.75 Å². The summed E-state index contributed by atoms with van der Waals surface area (Å²) in [5.74, 6) is 0.0648. The molecule has 3 N–H and O–H groups in total. The second kappa shape index (κ2) is 16.4. The number of hydrogen-bond donors (Lipinski definition) is 3. The van der Waals surface area contributed by atoms with Crippen molar-refractivity contribution in [1.82, 2.24) is 14.4 Å². The second-order valence-corrected chi connectivity index (χ2v) is 14.4. The number of sulfonamides is 1. The number of amides is 3. The fraction of sp³-hybridized carbons (Fsp3) is 0.500. The number of aryl methyl sites for hydroxylation is 2. The molecule has 1 aliphatic heterocycles. The van der Waals surface area contributed by atoms with Crippen LogP contribution in [-0.4, -0.2) is 91.4 Å². The number of urea groups is 1. The first-order chi connectivity index (χ1) is 22.8. The van der Waals surface area contributed by atoms with E-state index in [4.69, 9.17) is 14.0 Å². The van der Waals surface area contributed by atoms with Crippen molar-refractivity contribution < 1.29 is 37.1 Å². The zero-order valence-electron chi connectivity index (χ0n) is 28.4. The summed E-state index contributed by atoms with van der Waals surface area (Å²) in [5, 5.41) is 19.6. The SMILES string of the molecule is Cc1noc(C)c1NC(=O)Nc1ccc2c(c1)C(=O)N([C@H](C)CO)C[C@@H](C)[C@H](CN(C)S(=O)(=O)c1ccccc1)OCCCC[C@@H](C)O2. The normalized spacial score (nSPS) is 20.4. The van der Waals surface area contributed by atoms with Crippen LogP contribution in [0.3, 0.4) is 0 Å². The summed E-state index contributed by atoms with van der Waals surface area (Å²) < 4.78 is 45.7. The van der Waals surface area contributed by atoms with E-state index in [0.29, 0.717) is 41.6 Å². The van der Waals surface area contributed by atoms with Gasteiger partial charge in [0.2, 0.25) is 10.0 Å². The van der Waals surface area contributed by atoms with Gasteiger partial charge in [0, 0.05) is 38.3 Å². The highest BCUT2D eigenvalue weighted by molar-refractivity contribution is 7.89. The van der Waals surface area contributed by atoms with E-state index < -0.39 is 34.1 Å². The van der Waals surface area contributed by atoms with Crippen LogP contribution in [0.15, 0.2) is 57.9 Å². The van der Waals surface area contributed by atoms with Crippen LogP contribution in [0.4, 0.5) is 16.2 Å². The molecular weight excluding hydrogens is 638 g/mol. The number of aliphatic hydroxyl groups is 1. The molecule has 0 fully saturated rings. The summed E-state index contributed by atoms with van der Waals surface area (Å²) in [5.41, 5.74) is 1.54. The first-order valence-corrected chi connectivity index (χ1v) is 17.6. The van der Waals surface area contributed by atoms with Crippen LogP contribution in [0.1, 0.15) is 61.8 Å². The first kappa shape index (κ1) is 36.8. The summed E-state index contributed by atoms with van der Waals surface area (Å²) in [6, 6.07) is 11.9. The van der Waals surface area contributed by atoms with Crippen LogP contribution < -0.4 is 15.4 Å². The van der Waals surface area contributed by atoms with Gasteiger partial charge in [-0.25, -0.2) is 13.2 Å². The smallest absolute Gasteiger partial charge is 0.323 e. The van der Waals surface area contributed by atoms with Crippen molar-refractivity contribution in [3.8, 4) is 5.75 Å². The van der Waals surface area contributed by atoms with Gasteiger partial charge in [-0.2, -0.15) is 4.31 Å². The number of nitrogens with zero attached hydrogens (tertiary/aromatic N) is 3. The lowest BCUT2D eigenvalue weighted by Crippen LogP contribution is -2.48. The Morgan fingerprint density at radius 2 is 1.85 bits per heavy atom. The lowest BCUT2D eigenvalue weighted by atomic mass is 10.0. The van der Waals surface area contributed by atoms with Gasteiger partial charge in [0.25, 0.3) is 5.91 Å². The molecule has 0 saturated carbocycles. The molecule has 0 aliphatic carbocycles. The molecule has 2 heterocycles. The Balaban J connectivity index is 1.63. The zero-order chi connectivity index (χ0) is 35.0. The maximum atomic E-state index is 14.4. The molecule has 0 radical (unpaired) electrons. The summed E-state index contributed by atoms with van der Waals surface area (Å²) >= 11 is 0. The van der Waals surface area contributed by atoms with Crippen LogP contribution in [0, 0.1) is 19.8 Å². The van der Waals surface area contributed by atoms with Gasteiger partial charge in [0.15, 0.2) is 5.76 Å². The quantitative estimate of drug-likeness (QED) is 0.294. The van der Waals surface area contributed by atoms with E-state index in [9.17, 15) is 23.1 Å². The molecule has 1 aliphatic rings. The molecule has 4 atom stereocenters. The molecule has 14 heteroatoms. The molecule has 2 aromatic carbocycles. The maximum absolute atomic E-state index is 14.4. The first-order valence-electron chi connectivity index (χ1n) is 16.2. The lowest BCUT2D eigenvalue weighted by Gasteiger charge is -2.35. The van der Waals surface area contributed by atoms with Crippen LogP contribution in [-0.2, 0) is 14.8 Å². The van der Waals surface area contributed by atoms with Crippen LogP contribution >= 0.6 is 0 Å². The molecule has 3 aromatic rings. The molecule has 262 valence electrons. The molecule has 48 heavy (non-hydrogen) atoms. The van der Waals surface area contributed by atoms with Crippen molar-refractivity contribution in [1.29, 1.82) is 0 Å². The minimum absolute atomic E-state index is 0.0678. The average Bonchev–Trinajstić information content (AvgIpc) is 3.38. The fourth-order valence-corrected chi connectivity index (χ4v) is 6.73. The third kappa shape index (κ3) is 9.13. The molecule has 3 amide bonds. The van der Waals surface area contributed by atoms with Crippen molar-refractivity contribution in [3.63, 3.8) is 0 Å². The highest BCUT2D eigenvalue weighted by Gasteiger charge is 2.32. The molecule has 0 unspecified atom stereocenters. The van der Waals surface area contributed by atoms with Crippen molar-refractivity contribution in [2.75, 3.05) is 44.0 Å². The number of nitrogens with one attached hydrogen (secondary N) is 2. The standard InChI is InChI=1S/C34H47N5O8S/c1-22-19-39(23(2)21-40)33(41)29-18-27(35-34(42)36-32-25(4)37-47-26(32)5)15-16-30(29)46-24(3)12-10-11-17-45-31(22)20-38(6)48(43,44)28-13-8-7-9-14-28/h7-9,13-16,18,22-24,31,40H,10-12,17,19-21H2,1-6H3,(H2,35,36,42)/t22-,23-,24-,31+/m1/s1. The summed E-state index contributed by atoms with van der Waals surface area (Å²) in [6.07, 6.45) is 1.43. The zero-order valence-corrected chi connectivity index (χ0v) is 29.2. The number of benzene rings is 2. The highest BCUT2D eigenvalue weighted by atomic mass is 32.2. The van der Waals surface area contributed by atoms with Crippen molar-refractivity contribution in [2.45, 2.75) is 77.0 Å². The van der Waals surface area contributed by atoms with Crippen LogP contribution in [0.25, 0.3) is 0 Å². The van der Waals surface area contributed by atoms with Gasteiger partial charge in [-0.15, -0.1) is 0 Å². The number of ether oxygens (including phenoxy) is 2. The van der Waals surface area contributed by atoms with Gasteiger partial charge < -0.3 is 34.6 Å². The summed E-state index contributed by atoms with van der Waals surface area (Å²) in [7, 11) is -2.26. The highest BCUT2D eigenvalue weighted by Crippen LogP contribution is 2.29. The van der Waals surface area contributed by atoms with Crippen molar-refractivity contribution >= 4 is 33.3 Å². The second-order valence-electron chi connectivity index (χ2n) is 12.4. The van der Waals surface area contributed by atoms with Gasteiger partial charge in [-0.1, -0.05) is 30.3 Å². The average molecular weight is 686 g/mol. The van der Waals surface area contributed by atoms with Gasteiger partial charge in [0.05, 0.1) is 35.3 Å². The monoisotopic (exact) mass is 685 g/mol. The van der Waals surface area contributed by atoms with E-state index in [1.165, 1.54) is 11.4 Å². The summed E-state index contributed by atoms with van der Waals surface area (Å²) in [6.45, 7) is 9.28. The Morgan fingerprint density at radius 1 is 1.12 bits per heavy atom. The Hall–Kier alpha value is -3.98. The number of hydrogen-bond acceptors (Lipinski definition) is 9. The molecule has 4 rings (SSSR count). The van der Waals surface area contributed by atoms with Crippen molar-refractivity contribution in [2.24, 2.45) is 5.92 Å². The van der Waals surface area contributed by atoms with Crippen molar-refractivity contribution in [3.05, 3.63) is 65.5 Å². The van der Waals surface area contributed by atoms with E-state index in [-0.39, 0.29) is 42.2 Å². The van der Waals surface area contributed by atoms with E-state index in [1.54, 1.807) is 74.2 Å². The van der Waals surface area contributed by atoms with E-state index >= 15 is 0 Å². The maximum Gasteiger partial charge on any atom is 0.323 e. The molecule has 13 nitrogen and oxygen atoms in total. The minimum Gasteiger partial charge on any atom is -0.490 e. The third-order valence-corrected chi connectivity index (χ3v) is 10.3. The van der Waals surface area contributed by atoms with E-state index in [1.807, 2.05) is 13.8 Å². The number of carbonyl (C=O) groups is 2. The van der Waals surface area contributed by atoms with E-state index in [2.05, 4.69) is 15.8 Å². The van der Waals surface area contributed by atoms with Gasteiger partial charge in [-0.05, 0) is 77.3 Å². The topological polar surface area (TPSA) is 164 Å². The Kier molecular flexibility index (Phi) is 12.6. The largest absolute Gasteiger partial charge is 0.490 e. The third-order valence-electron chi connectivity index (χ3n) is 8.47. The van der Waals surface area contributed by atoms with Gasteiger partial charge in [0.1, 0.15) is 17.1 Å².